The maximum atomic E-state index is 13.6. The maximum Gasteiger partial charge on any atom is 0.290 e. The number of aliphatic hydroxyl groups is 1. The molecule has 1 unspecified atom stereocenters. The van der Waals surface area contributed by atoms with Gasteiger partial charge in [0.1, 0.15) is 11.5 Å². The molecular weight excluding hydrogens is 452 g/mol. The number of ether oxygens (including phenoxy) is 2. The Kier molecular flexibility index (Phi) is 6.70. The Labute approximate surface area is 202 Å². The normalized spacial score (nSPS) is 15.7. The van der Waals surface area contributed by atoms with Crippen LogP contribution in [0.4, 0.5) is 0 Å². The van der Waals surface area contributed by atoms with Gasteiger partial charge in [-0.3, -0.25) is 9.59 Å². The van der Waals surface area contributed by atoms with Crippen molar-refractivity contribution in [2.75, 3.05) is 20.8 Å². The number of carbonyl (C=O) groups is 2. The molecule has 0 saturated heterocycles. The lowest BCUT2D eigenvalue weighted by atomic mass is 9.94. The van der Waals surface area contributed by atoms with Crippen LogP contribution in [0.15, 0.2) is 59.9 Å². The predicted molar refractivity (Wildman–Crippen MR) is 130 cm³/mol. The Morgan fingerprint density at radius 2 is 1.62 bits per heavy atom. The summed E-state index contributed by atoms with van der Waals surface area (Å²) in [5.41, 5.74) is 2.40. The van der Waals surface area contributed by atoms with Crippen LogP contribution in [0, 0.1) is 13.8 Å². The minimum Gasteiger partial charge on any atom is -0.503 e. The van der Waals surface area contributed by atoms with Crippen molar-refractivity contribution in [3.63, 3.8) is 0 Å². The summed E-state index contributed by atoms with van der Waals surface area (Å²) in [6, 6.07) is 14.1. The zero-order valence-electron chi connectivity index (χ0n) is 19.5. The molecule has 1 N–H and O–H groups in total. The SMILES string of the molecule is COc1ccc(CCN2C(=O)C(O)=C(C(=O)c3sc(C)nc3C)C2c2ccc(OC)cc2)cc1. The number of carbonyl (C=O) groups excluding carboxylic acids is 2. The molecule has 7 nitrogen and oxygen atoms in total. The van der Waals surface area contributed by atoms with Crippen molar-refractivity contribution in [1.82, 2.24) is 9.88 Å². The quantitative estimate of drug-likeness (QED) is 0.476. The Morgan fingerprint density at radius 1 is 1.03 bits per heavy atom. The molecule has 176 valence electrons. The summed E-state index contributed by atoms with van der Waals surface area (Å²) in [6.45, 7) is 3.91. The molecule has 1 atom stereocenters. The highest BCUT2D eigenvalue weighted by Gasteiger charge is 2.44. The van der Waals surface area contributed by atoms with Gasteiger partial charge in [-0.2, -0.15) is 0 Å². The molecule has 1 amide bonds. The number of thiazole rings is 1. The Balaban J connectivity index is 1.70. The highest BCUT2D eigenvalue weighted by molar-refractivity contribution is 7.14. The number of ketones is 1. The van der Waals surface area contributed by atoms with Gasteiger partial charge in [0.2, 0.25) is 5.78 Å². The van der Waals surface area contributed by atoms with E-state index >= 15 is 0 Å². The molecule has 2 aromatic carbocycles. The molecule has 3 aromatic rings. The summed E-state index contributed by atoms with van der Waals surface area (Å²) < 4.78 is 10.5. The average molecular weight is 479 g/mol. The van der Waals surface area contributed by atoms with Crippen LogP contribution in [-0.4, -0.2) is 47.4 Å². The zero-order chi connectivity index (χ0) is 24.4. The molecule has 0 saturated carbocycles. The Morgan fingerprint density at radius 3 is 2.15 bits per heavy atom. The lowest BCUT2D eigenvalue weighted by Crippen LogP contribution is -2.33. The summed E-state index contributed by atoms with van der Waals surface area (Å²) in [7, 11) is 3.18. The van der Waals surface area contributed by atoms with E-state index in [2.05, 4.69) is 4.98 Å². The number of nitrogens with zero attached hydrogens (tertiary/aromatic N) is 2. The number of rotatable bonds is 8. The number of Topliss-reactive ketones (excluding diaryl/α,β-unsaturated/α-hetero) is 1. The number of hydrogen-bond acceptors (Lipinski definition) is 7. The van der Waals surface area contributed by atoms with Crippen molar-refractivity contribution >= 4 is 23.0 Å². The van der Waals surface area contributed by atoms with Gasteiger partial charge in [-0.1, -0.05) is 24.3 Å². The largest absolute Gasteiger partial charge is 0.503 e. The molecule has 0 radical (unpaired) electrons. The summed E-state index contributed by atoms with van der Waals surface area (Å²) >= 11 is 1.26. The van der Waals surface area contributed by atoms with Gasteiger partial charge in [0, 0.05) is 6.54 Å². The van der Waals surface area contributed by atoms with Crippen molar-refractivity contribution in [2.45, 2.75) is 26.3 Å². The minimum atomic E-state index is -0.717. The fraction of sp³-hybridized carbons (Fsp3) is 0.269. The van der Waals surface area contributed by atoms with Crippen molar-refractivity contribution in [3.8, 4) is 11.5 Å². The molecule has 0 spiro atoms. The lowest BCUT2D eigenvalue weighted by molar-refractivity contribution is -0.129. The Bertz CT molecular complexity index is 1250. The molecule has 34 heavy (non-hydrogen) atoms. The number of methoxy groups -OCH3 is 2. The Hall–Kier alpha value is -3.65. The third-order valence-corrected chi connectivity index (χ3v) is 6.96. The van der Waals surface area contributed by atoms with Gasteiger partial charge in [0.15, 0.2) is 5.76 Å². The van der Waals surface area contributed by atoms with Gasteiger partial charge < -0.3 is 19.5 Å². The molecule has 0 fully saturated rings. The summed E-state index contributed by atoms with van der Waals surface area (Å²) in [6.07, 6.45) is 0.551. The standard InChI is InChI=1S/C26H26N2O5S/c1-15-25(34-16(2)27-15)23(29)21-22(18-7-11-20(33-4)12-8-18)28(26(31)24(21)30)14-13-17-5-9-19(32-3)10-6-17/h5-12,22,30H,13-14H2,1-4H3. The van der Waals surface area contributed by atoms with E-state index in [1.54, 1.807) is 38.2 Å². The number of aliphatic hydroxyl groups excluding tert-OH is 1. The minimum absolute atomic E-state index is 0.0802. The van der Waals surface area contributed by atoms with Crippen LogP contribution in [0.5, 0.6) is 11.5 Å². The highest BCUT2D eigenvalue weighted by Crippen LogP contribution is 2.40. The van der Waals surface area contributed by atoms with Gasteiger partial charge in [0.25, 0.3) is 5.91 Å². The van der Waals surface area contributed by atoms with Crippen molar-refractivity contribution in [2.24, 2.45) is 0 Å². The van der Waals surface area contributed by atoms with Crippen LogP contribution in [0.1, 0.15) is 37.5 Å². The number of benzene rings is 2. The number of hydrogen-bond donors (Lipinski definition) is 1. The van der Waals surface area contributed by atoms with Crippen molar-refractivity contribution < 1.29 is 24.2 Å². The molecule has 0 bridgehead atoms. The number of aryl methyl sites for hydroxylation is 2. The second-order valence-electron chi connectivity index (χ2n) is 8.01. The first kappa shape index (κ1) is 23.5. The average Bonchev–Trinajstić information content (AvgIpc) is 3.32. The number of aromatic nitrogens is 1. The first-order chi connectivity index (χ1) is 16.3. The molecule has 4 rings (SSSR count). The fourth-order valence-electron chi connectivity index (χ4n) is 4.16. The molecule has 1 aromatic heterocycles. The van der Waals surface area contributed by atoms with Crippen LogP contribution in [0.25, 0.3) is 0 Å². The molecule has 2 heterocycles. The van der Waals surface area contributed by atoms with Crippen LogP contribution < -0.4 is 9.47 Å². The van der Waals surface area contributed by atoms with E-state index < -0.39 is 17.7 Å². The first-order valence-corrected chi connectivity index (χ1v) is 11.7. The molecule has 1 aliphatic rings. The van der Waals surface area contributed by atoms with E-state index in [1.807, 2.05) is 43.3 Å². The van der Waals surface area contributed by atoms with Crippen LogP contribution in [-0.2, 0) is 11.2 Å². The lowest BCUT2D eigenvalue weighted by Gasteiger charge is -2.27. The zero-order valence-corrected chi connectivity index (χ0v) is 20.3. The van der Waals surface area contributed by atoms with Gasteiger partial charge >= 0.3 is 0 Å². The molecule has 0 aliphatic carbocycles. The molecule has 1 aliphatic heterocycles. The maximum absolute atomic E-state index is 13.6. The van der Waals surface area contributed by atoms with E-state index in [-0.39, 0.29) is 11.4 Å². The third-order valence-electron chi connectivity index (χ3n) is 5.89. The van der Waals surface area contributed by atoms with E-state index in [0.717, 1.165) is 21.9 Å². The summed E-state index contributed by atoms with van der Waals surface area (Å²) in [5, 5.41) is 11.6. The van der Waals surface area contributed by atoms with Gasteiger partial charge in [-0.05, 0) is 55.7 Å². The topological polar surface area (TPSA) is 89.0 Å². The summed E-state index contributed by atoms with van der Waals surface area (Å²) in [4.78, 5) is 33.1. The predicted octanol–water partition coefficient (Wildman–Crippen LogP) is 4.60. The first-order valence-electron chi connectivity index (χ1n) is 10.8. The number of amides is 1. The summed E-state index contributed by atoms with van der Waals surface area (Å²) in [5.74, 6) is -0.0309. The second kappa shape index (κ2) is 9.69. The monoisotopic (exact) mass is 478 g/mol. The molecular formula is C26H26N2O5S. The fourth-order valence-corrected chi connectivity index (χ4v) is 5.03. The van der Waals surface area contributed by atoms with E-state index in [4.69, 9.17) is 9.47 Å². The van der Waals surface area contributed by atoms with Gasteiger partial charge in [0.05, 0.1) is 41.4 Å². The van der Waals surface area contributed by atoms with Crippen LogP contribution in [0.3, 0.4) is 0 Å². The van der Waals surface area contributed by atoms with Gasteiger partial charge in [-0.15, -0.1) is 11.3 Å². The van der Waals surface area contributed by atoms with E-state index in [9.17, 15) is 14.7 Å². The molecule has 8 heteroatoms. The third kappa shape index (κ3) is 4.41. The van der Waals surface area contributed by atoms with Crippen LogP contribution >= 0.6 is 11.3 Å². The van der Waals surface area contributed by atoms with Crippen molar-refractivity contribution in [1.29, 1.82) is 0 Å². The second-order valence-corrected chi connectivity index (χ2v) is 9.21. The van der Waals surface area contributed by atoms with Gasteiger partial charge in [-0.25, -0.2) is 4.98 Å². The van der Waals surface area contributed by atoms with Crippen LogP contribution in [0.2, 0.25) is 0 Å². The highest BCUT2D eigenvalue weighted by atomic mass is 32.1. The van der Waals surface area contributed by atoms with E-state index in [0.29, 0.717) is 29.3 Å². The van der Waals surface area contributed by atoms with E-state index in [1.165, 1.54) is 11.3 Å². The van der Waals surface area contributed by atoms with Crippen molar-refractivity contribution in [3.05, 3.63) is 86.6 Å². The smallest absolute Gasteiger partial charge is 0.290 e.